The van der Waals surface area contributed by atoms with Crippen molar-refractivity contribution >= 4 is 37.3 Å². The minimum atomic E-state index is -3.40. The molecule has 1 aliphatic rings. The Hall–Kier alpha value is -1.14. The van der Waals surface area contributed by atoms with E-state index >= 15 is 0 Å². The first-order valence-electron chi connectivity index (χ1n) is 4.87. The molecule has 4 nitrogen and oxygen atoms in total. The van der Waals surface area contributed by atoms with E-state index in [0.717, 1.165) is 9.88 Å². The van der Waals surface area contributed by atoms with Gasteiger partial charge in [0.2, 0.25) is 9.84 Å². The lowest BCUT2D eigenvalue weighted by Crippen LogP contribution is -1.95. The van der Waals surface area contributed by atoms with E-state index < -0.39 is 15.8 Å². The summed E-state index contributed by atoms with van der Waals surface area (Å²) in [5.74, 6) is -0.938. The number of carboxylic acid groups (broad SMARTS) is 1. The molecule has 0 amide bonds. The Morgan fingerprint density at radius 3 is 2.71 bits per heavy atom. The van der Waals surface area contributed by atoms with Crippen LogP contribution in [0.3, 0.4) is 0 Å². The maximum Gasteiger partial charge on any atom is 0.303 e. The fourth-order valence-corrected chi connectivity index (χ4v) is 3.61. The Balaban J connectivity index is 2.44. The average Bonchev–Trinajstić information content (AvgIpc) is 2.47. The van der Waals surface area contributed by atoms with Crippen LogP contribution in [-0.4, -0.2) is 19.5 Å². The van der Waals surface area contributed by atoms with Crippen LogP contribution >= 0.6 is 15.9 Å². The first-order chi connectivity index (χ1) is 7.90. The Bertz CT molecular complexity index is 616. The normalized spacial score (nSPS) is 16.4. The van der Waals surface area contributed by atoms with Crippen molar-refractivity contribution in [2.24, 2.45) is 0 Å². The van der Waals surface area contributed by atoms with Crippen LogP contribution in [0.2, 0.25) is 0 Å². The zero-order valence-electron chi connectivity index (χ0n) is 8.68. The first-order valence-corrected chi connectivity index (χ1v) is 7.21. The lowest BCUT2D eigenvalue weighted by Gasteiger charge is -2.03. The van der Waals surface area contributed by atoms with Gasteiger partial charge < -0.3 is 5.11 Å². The number of sulfone groups is 1. The van der Waals surface area contributed by atoms with E-state index in [4.69, 9.17) is 5.11 Å². The smallest absolute Gasteiger partial charge is 0.303 e. The molecule has 0 saturated carbocycles. The summed E-state index contributed by atoms with van der Waals surface area (Å²) in [6.45, 7) is 0. The van der Waals surface area contributed by atoms with Gasteiger partial charge in [0.05, 0.1) is 4.90 Å². The number of allylic oxidation sites excluding steroid dienone is 1. The third-order valence-corrected chi connectivity index (χ3v) is 4.56. The number of carbonyl (C=O) groups is 1. The molecule has 0 saturated heterocycles. The van der Waals surface area contributed by atoms with E-state index in [0.29, 0.717) is 11.1 Å². The fraction of sp³-hybridized carbons (Fsp3) is 0.182. The molecule has 17 heavy (non-hydrogen) atoms. The molecule has 1 aromatic rings. The van der Waals surface area contributed by atoms with Gasteiger partial charge in [-0.1, -0.05) is 15.9 Å². The van der Waals surface area contributed by atoms with Crippen molar-refractivity contribution in [2.45, 2.75) is 17.7 Å². The number of hydrogen-bond donors (Lipinski definition) is 1. The molecular formula is C11H9BrO4S. The van der Waals surface area contributed by atoms with Crippen LogP contribution in [-0.2, 0) is 14.6 Å². The molecule has 1 aliphatic heterocycles. The predicted molar refractivity (Wildman–Crippen MR) is 66.2 cm³/mol. The van der Waals surface area contributed by atoms with Crippen LogP contribution in [0.25, 0.3) is 5.57 Å². The summed E-state index contributed by atoms with van der Waals surface area (Å²) < 4.78 is 24.3. The van der Waals surface area contributed by atoms with Gasteiger partial charge in [0.15, 0.2) is 0 Å². The van der Waals surface area contributed by atoms with Crippen molar-refractivity contribution in [1.82, 2.24) is 0 Å². The van der Waals surface area contributed by atoms with Crippen LogP contribution in [0.1, 0.15) is 18.4 Å². The van der Waals surface area contributed by atoms with Crippen LogP contribution in [0.5, 0.6) is 0 Å². The molecule has 6 heteroatoms. The summed E-state index contributed by atoms with van der Waals surface area (Å²) in [6.07, 6.45) is 0.144. The van der Waals surface area contributed by atoms with Crippen LogP contribution in [0.4, 0.5) is 0 Å². The Morgan fingerprint density at radius 1 is 1.35 bits per heavy atom. The second kappa shape index (κ2) is 4.27. The highest BCUT2D eigenvalue weighted by atomic mass is 79.9. The largest absolute Gasteiger partial charge is 0.481 e. The van der Waals surface area contributed by atoms with Crippen LogP contribution < -0.4 is 0 Å². The van der Waals surface area contributed by atoms with Gasteiger partial charge in [-0.15, -0.1) is 0 Å². The van der Waals surface area contributed by atoms with Gasteiger partial charge in [-0.05, 0) is 35.8 Å². The van der Waals surface area contributed by atoms with Crippen molar-refractivity contribution < 1.29 is 18.3 Å². The highest BCUT2D eigenvalue weighted by Gasteiger charge is 2.26. The molecule has 0 aliphatic carbocycles. The van der Waals surface area contributed by atoms with E-state index in [9.17, 15) is 13.2 Å². The lowest BCUT2D eigenvalue weighted by molar-refractivity contribution is -0.136. The van der Waals surface area contributed by atoms with E-state index in [1.165, 1.54) is 6.07 Å². The molecule has 1 N–H and O–H groups in total. The van der Waals surface area contributed by atoms with Gasteiger partial charge in [-0.3, -0.25) is 4.79 Å². The van der Waals surface area contributed by atoms with Gasteiger partial charge in [-0.25, -0.2) is 8.42 Å². The van der Waals surface area contributed by atoms with E-state index in [1.54, 1.807) is 12.1 Å². The van der Waals surface area contributed by atoms with E-state index in [2.05, 4.69) is 15.9 Å². The van der Waals surface area contributed by atoms with Crippen molar-refractivity contribution in [3.05, 3.63) is 33.6 Å². The van der Waals surface area contributed by atoms with Gasteiger partial charge in [0.25, 0.3) is 0 Å². The van der Waals surface area contributed by atoms with Gasteiger partial charge in [0, 0.05) is 16.3 Å². The summed E-state index contributed by atoms with van der Waals surface area (Å²) in [4.78, 5) is 10.8. The molecule has 0 fully saturated rings. The monoisotopic (exact) mass is 316 g/mol. The highest BCUT2D eigenvalue weighted by molar-refractivity contribution is 9.10. The second-order valence-corrected chi connectivity index (χ2v) is 6.40. The standard InChI is InChI=1S/C11H9BrO4S/c12-8-2-3-10-9(5-8)7(1-4-11(13)14)6-17(10,15)16/h2-3,5-6H,1,4H2,(H,13,14). The van der Waals surface area contributed by atoms with Crippen LogP contribution in [0, 0.1) is 0 Å². The Morgan fingerprint density at radius 2 is 2.06 bits per heavy atom. The summed E-state index contributed by atoms with van der Waals surface area (Å²) in [5.41, 5.74) is 1.16. The molecule has 0 radical (unpaired) electrons. The average molecular weight is 317 g/mol. The molecule has 0 unspecified atom stereocenters. The molecule has 0 atom stereocenters. The summed E-state index contributed by atoms with van der Waals surface area (Å²) in [5, 5.41) is 9.78. The summed E-state index contributed by atoms with van der Waals surface area (Å²) >= 11 is 3.27. The zero-order chi connectivity index (χ0) is 12.6. The predicted octanol–water partition coefficient (Wildman–Crippen LogP) is 2.44. The minimum Gasteiger partial charge on any atom is -0.481 e. The molecule has 1 heterocycles. The second-order valence-electron chi connectivity index (χ2n) is 3.72. The number of fused-ring (bicyclic) bond motifs is 1. The number of halogens is 1. The highest BCUT2D eigenvalue weighted by Crippen LogP contribution is 2.37. The number of rotatable bonds is 3. The maximum absolute atomic E-state index is 11.8. The van der Waals surface area contributed by atoms with Crippen LogP contribution in [0.15, 0.2) is 33.0 Å². The number of carboxylic acids is 1. The van der Waals surface area contributed by atoms with Gasteiger partial charge in [0.1, 0.15) is 0 Å². The number of benzene rings is 1. The fourth-order valence-electron chi connectivity index (χ4n) is 1.75. The van der Waals surface area contributed by atoms with Gasteiger partial charge >= 0.3 is 5.97 Å². The summed E-state index contributed by atoms with van der Waals surface area (Å²) in [6, 6.07) is 4.89. The lowest BCUT2D eigenvalue weighted by atomic mass is 10.0. The third kappa shape index (κ3) is 2.42. The maximum atomic E-state index is 11.8. The molecule has 1 aromatic carbocycles. The Kier molecular flexibility index (Phi) is 3.09. The number of aliphatic carboxylic acids is 1. The molecule has 0 spiro atoms. The van der Waals surface area contributed by atoms with E-state index in [-0.39, 0.29) is 17.7 Å². The topological polar surface area (TPSA) is 71.4 Å². The molecule has 0 bridgehead atoms. The molecule has 2 rings (SSSR count). The van der Waals surface area contributed by atoms with Crippen molar-refractivity contribution in [2.75, 3.05) is 0 Å². The Labute approximate surface area is 107 Å². The van der Waals surface area contributed by atoms with Crippen molar-refractivity contribution in [1.29, 1.82) is 0 Å². The van der Waals surface area contributed by atoms with Gasteiger partial charge in [-0.2, -0.15) is 0 Å². The first kappa shape index (κ1) is 12.3. The zero-order valence-corrected chi connectivity index (χ0v) is 11.1. The van der Waals surface area contributed by atoms with Crippen molar-refractivity contribution in [3.63, 3.8) is 0 Å². The summed E-state index contributed by atoms with van der Waals surface area (Å²) in [7, 11) is -3.40. The van der Waals surface area contributed by atoms with E-state index in [1.807, 2.05) is 0 Å². The molecule has 0 aromatic heterocycles. The molecular weight excluding hydrogens is 308 g/mol. The quantitative estimate of drug-likeness (QED) is 0.929. The third-order valence-electron chi connectivity index (χ3n) is 2.50. The SMILES string of the molecule is O=C(O)CCC1=CS(=O)(=O)c2ccc(Br)cc21. The molecule has 90 valence electrons. The van der Waals surface area contributed by atoms with Crippen molar-refractivity contribution in [3.8, 4) is 0 Å². The minimum absolute atomic E-state index is 0.0761. The number of hydrogen-bond acceptors (Lipinski definition) is 3.